The smallest absolute Gasteiger partial charge is 0.200 e. The maximum atomic E-state index is 12.4. The van der Waals surface area contributed by atoms with Crippen LogP contribution in [0.2, 0.25) is 0 Å². The molecule has 1 fully saturated rings. The van der Waals surface area contributed by atoms with Crippen LogP contribution in [0, 0.1) is 0 Å². The van der Waals surface area contributed by atoms with Gasteiger partial charge in [-0.25, -0.2) is 0 Å². The summed E-state index contributed by atoms with van der Waals surface area (Å²) >= 11 is 0. The largest absolute Gasteiger partial charge is 0.314 e. The van der Waals surface area contributed by atoms with E-state index in [1.165, 1.54) is 13.0 Å². The Balaban J connectivity index is 2.89. The molecule has 1 saturated carbocycles. The topological polar surface area (TPSA) is 0 Å². The summed E-state index contributed by atoms with van der Waals surface area (Å²) in [6.45, 7) is 1.49. The number of hydrogen-bond donors (Lipinski definition) is 0. The van der Waals surface area contributed by atoms with Crippen LogP contribution in [0.5, 0.6) is 0 Å². The molecule has 0 N–H and O–H groups in total. The van der Waals surface area contributed by atoms with E-state index in [1.54, 1.807) is 0 Å². The fourth-order valence-electron chi connectivity index (χ4n) is 1.10. The summed E-state index contributed by atoms with van der Waals surface area (Å²) in [6.07, 6.45) is -0.262. The van der Waals surface area contributed by atoms with E-state index < -0.39 is 24.7 Å². The molecule has 0 bridgehead atoms. The third kappa shape index (κ3) is 1.26. The second kappa shape index (κ2) is 2.22. The minimum atomic E-state index is -3.84. The quantitative estimate of drug-likeness (QED) is 0.385. The monoisotopic (exact) mass is 168 g/mol. The van der Waals surface area contributed by atoms with Crippen LogP contribution >= 0.6 is 0 Å². The summed E-state index contributed by atoms with van der Waals surface area (Å²) in [5.41, 5.74) is 0.139. The zero-order valence-electron chi connectivity index (χ0n) is 6.00. The summed E-state index contributed by atoms with van der Waals surface area (Å²) < 4.78 is 49.5. The maximum absolute atomic E-state index is 12.4. The van der Waals surface area contributed by atoms with Crippen molar-refractivity contribution in [3.05, 3.63) is 11.6 Å². The van der Waals surface area contributed by atoms with Gasteiger partial charge in [-0.05, 0) is 6.92 Å². The van der Waals surface area contributed by atoms with E-state index in [2.05, 4.69) is 0 Å². The van der Waals surface area contributed by atoms with Crippen LogP contribution in [-0.2, 0) is 0 Å². The number of hydrogen-bond acceptors (Lipinski definition) is 0. The van der Waals surface area contributed by atoms with Crippen LogP contribution in [0.3, 0.4) is 0 Å². The van der Waals surface area contributed by atoms with Gasteiger partial charge in [0.1, 0.15) is 0 Å². The van der Waals surface area contributed by atoms with E-state index in [0.717, 1.165) is 0 Å². The molecule has 0 heterocycles. The predicted octanol–water partition coefficient (Wildman–Crippen LogP) is 3.00. The molecule has 11 heavy (non-hydrogen) atoms. The van der Waals surface area contributed by atoms with E-state index in [9.17, 15) is 17.6 Å². The third-order valence-corrected chi connectivity index (χ3v) is 1.84. The molecule has 0 spiro atoms. The first kappa shape index (κ1) is 8.56. The molecule has 0 nitrogen and oxygen atoms in total. The lowest BCUT2D eigenvalue weighted by Gasteiger charge is -2.16. The first-order chi connectivity index (χ1) is 4.89. The zero-order valence-corrected chi connectivity index (χ0v) is 6.00. The molecule has 1 aliphatic carbocycles. The average Bonchev–Trinajstić information content (AvgIpc) is 2.03. The van der Waals surface area contributed by atoms with Gasteiger partial charge in [-0.2, -0.15) is 17.6 Å². The van der Waals surface area contributed by atoms with Crippen LogP contribution in [-0.4, -0.2) is 11.8 Å². The van der Waals surface area contributed by atoms with Crippen molar-refractivity contribution in [1.29, 1.82) is 0 Å². The number of alkyl halides is 4. The first-order valence-electron chi connectivity index (χ1n) is 3.29. The average molecular weight is 168 g/mol. The third-order valence-electron chi connectivity index (χ3n) is 1.84. The Kier molecular flexibility index (Phi) is 1.73. The maximum Gasteiger partial charge on any atom is 0.314 e. The SMILES string of the molecule is CC=C1CC(F)(F)C(F)(F)C1. The molecule has 0 saturated heterocycles. The molecule has 0 atom stereocenters. The van der Waals surface area contributed by atoms with Gasteiger partial charge in [-0.15, -0.1) is 0 Å². The van der Waals surface area contributed by atoms with Gasteiger partial charge in [-0.1, -0.05) is 11.6 Å². The fourth-order valence-corrected chi connectivity index (χ4v) is 1.10. The van der Waals surface area contributed by atoms with Crippen LogP contribution in [0.25, 0.3) is 0 Å². The summed E-state index contributed by atoms with van der Waals surface area (Å²) in [4.78, 5) is 0. The van der Waals surface area contributed by atoms with E-state index in [4.69, 9.17) is 0 Å². The van der Waals surface area contributed by atoms with Crippen LogP contribution in [0.1, 0.15) is 19.8 Å². The Morgan fingerprint density at radius 2 is 1.45 bits per heavy atom. The lowest BCUT2D eigenvalue weighted by atomic mass is 10.2. The van der Waals surface area contributed by atoms with Crippen LogP contribution < -0.4 is 0 Å². The summed E-state index contributed by atoms with van der Waals surface area (Å²) in [7, 11) is 0. The molecule has 0 amide bonds. The van der Waals surface area contributed by atoms with Crippen molar-refractivity contribution in [3.8, 4) is 0 Å². The molecule has 1 rings (SSSR count). The van der Waals surface area contributed by atoms with Crippen molar-refractivity contribution >= 4 is 0 Å². The van der Waals surface area contributed by atoms with Crippen LogP contribution in [0.15, 0.2) is 11.6 Å². The molecule has 0 radical (unpaired) electrons. The lowest BCUT2D eigenvalue weighted by Crippen LogP contribution is -2.33. The summed E-state index contributed by atoms with van der Waals surface area (Å²) in [6, 6.07) is 0. The highest BCUT2D eigenvalue weighted by Gasteiger charge is 2.61. The minimum Gasteiger partial charge on any atom is -0.200 e. The molecule has 4 heteroatoms. The Morgan fingerprint density at radius 3 is 1.64 bits per heavy atom. The first-order valence-corrected chi connectivity index (χ1v) is 3.29. The van der Waals surface area contributed by atoms with Gasteiger partial charge in [0, 0.05) is 12.8 Å². The summed E-state index contributed by atoms with van der Waals surface area (Å²) in [5, 5.41) is 0. The van der Waals surface area contributed by atoms with Crippen molar-refractivity contribution in [1.82, 2.24) is 0 Å². The molecule has 0 aliphatic heterocycles. The van der Waals surface area contributed by atoms with E-state index in [1.807, 2.05) is 0 Å². The van der Waals surface area contributed by atoms with Gasteiger partial charge in [0.2, 0.25) is 0 Å². The normalized spacial score (nSPS) is 27.2. The number of rotatable bonds is 0. The molecular weight excluding hydrogens is 160 g/mol. The predicted molar refractivity (Wildman–Crippen MR) is 32.9 cm³/mol. The highest BCUT2D eigenvalue weighted by Crippen LogP contribution is 2.49. The van der Waals surface area contributed by atoms with Gasteiger partial charge in [0.15, 0.2) is 0 Å². The van der Waals surface area contributed by atoms with E-state index in [0.29, 0.717) is 0 Å². The van der Waals surface area contributed by atoms with Gasteiger partial charge in [0.05, 0.1) is 0 Å². The highest BCUT2D eigenvalue weighted by molar-refractivity contribution is 5.17. The van der Waals surface area contributed by atoms with Crippen LogP contribution in [0.4, 0.5) is 17.6 Å². The molecule has 1 aliphatic rings. The number of allylic oxidation sites excluding steroid dienone is 2. The Bertz CT molecular complexity index is 175. The number of halogens is 4. The molecule has 64 valence electrons. The van der Waals surface area contributed by atoms with Crippen molar-refractivity contribution < 1.29 is 17.6 Å². The molecule has 0 unspecified atom stereocenters. The Labute approximate surface area is 61.9 Å². The fraction of sp³-hybridized carbons (Fsp3) is 0.714. The Morgan fingerprint density at radius 1 is 1.09 bits per heavy atom. The van der Waals surface area contributed by atoms with Crippen molar-refractivity contribution in [2.24, 2.45) is 0 Å². The molecule has 0 aromatic rings. The second-order valence-corrected chi connectivity index (χ2v) is 2.71. The van der Waals surface area contributed by atoms with Crippen molar-refractivity contribution in [2.75, 3.05) is 0 Å². The van der Waals surface area contributed by atoms with Gasteiger partial charge >= 0.3 is 11.8 Å². The van der Waals surface area contributed by atoms with Crippen molar-refractivity contribution in [2.45, 2.75) is 31.6 Å². The highest BCUT2D eigenvalue weighted by atomic mass is 19.3. The molecule has 0 aromatic carbocycles. The zero-order chi connectivity index (χ0) is 8.70. The van der Waals surface area contributed by atoms with Gasteiger partial charge < -0.3 is 0 Å². The standard InChI is InChI=1S/C7H8F4/c1-2-5-3-6(8,9)7(10,11)4-5/h2H,3-4H2,1H3. The van der Waals surface area contributed by atoms with E-state index in [-0.39, 0.29) is 5.57 Å². The van der Waals surface area contributed by atoms with Gasteiger partial charge in [-0.3, -0.25) is 0 Å². The minimum absolute atomic E-state index is 0.139. The Hall–Kier alpha value is -0.540. The van der Waals surface area contributed by atoms with Crippen molar-refractivity contribution in [3.63, 3.8) is 0 Å². The molecule has 0 aromatic heterocycles. The second-order valence-electron chi connectivity index (χ2n) is 2.71. The van der Waals surface area contributed by atoms with Gasteiger partial charge in [0.25, 0.3) is 0 Å². The lowest BCUT2D eigenvalue weighted by molar-refractivity contribution is -0.185. The summed E-state index contributed by atoms with van der Waals surface area (Å²) in [5.74, 6) is -7.68. The molecular formula is C7H8F4. The van der Waals surface area contributed by atoms with E-state index >= 15 is 0 Å².